The summed E-state index contributed by atoms with van der Waals surface area (Å²) >= 11 is 0. The molecule has 0 amide bonds. The molecule has 0 unspecified atom stereocenters. The highest BCUT2D eigenvalue weighted by atomic mass is 16.1. The van der Waals surface area contributed by atoms with Crippen molar-refractivity contribution in [3.63, 3.8) is 0 Å². The van der Waals surface area contributed by atoms with Crippen LogP contribution in [0.3, 0.4) is 0 Å². The normalized spacial score (nSPS) is 11.0. The lowest BCUT2D eigenvalue weighted by Crippen LogP contribution is -1.85. The van der Waals surface area contributed by atoms with Crippen LogP contribution in [0.2, 0.25) is 0 Å². The Balaban J connectivity index is 2.39. The standard InChI is InChI=1S/C14H13N3O/c1-8-4-3-5-11-12(9(2)16-13(8)11)14-10(7-18)6-15-17-14/h3-7,16H,1-2H3,(H,15,17). The first-order chi connectivity index (χ1) is 8.72. The Kier molecular flexibility index (Phi) is 2.30. The molecular formula is C14H13N3O. The molecule has 0 spiro atoms. The van der Waals surface area contributed by atoms with Gasteiger partial charge < -0.3 is 4.98 Å². The van der Waals surface area contributed by atoms with Gasteiger partial charge in [0.1, 0.15) is 0 Å². The van der Waals surface area contributed by atoms with Gasteiger partial charge in [-0.2, -0.15) is 5.10 Å². The molecule has 0 saturated carbocycles. The number of benzene rings is 1. The third kappa shape index (κ3) is 1.39. The number of hydrogen-bond donors (Lipinski definition) is 2. The van der Waals surface area contributed by atoms with Gasteiger partial charge in [-0.3, -0.25) is 9.89 Å². The molecule has 0 aliphatic carbocycles. The predicted octanol–water partition coefficient (Wildman–Crippen LogP) is 2.99. The summed E-state index contributed by atoms with van der Waals surface area (Å²) in [5.41, 5.74) is 5.71. The highest BCUT2D eigenvalue weighted by Gasteiger charge is 2.15. The Morgan fingerprint density at radius 3 is 2.89 bits per heavy atom. The van der Waals surface area contributed by atoms with E-state index in [0.29, 0.717) is 5.56 Å². The van der Waals surface area contributed by atoms with Crippen LogP contribution in [0.15, 0.2) is 24.4 Å². The van der Waals surface area contributed by atoms with Gasteiger partial charge in [-0.05, 0) is 19.4 Å². The lowest BCUT2D eigenvalue weighted by molar-refractivity contribution is 0.112. The number of nitrogens with zero attached hydrogens (tertiary/aromatic N) is 1. The monoisotopic (exact) mass is 239 g/mol. The second-order valence-electron chi connectivity index (χ2n) is 4.44. The summed E-state index contributed by atoms with van der Waals surface area (Å²) < 4.78 is 0. The van der Waals surface area contributed by atoms with Crippen molar-refractivity contribution in [2.45, 2.75) is 13.8 Å². The molecule has 0 atom stereocenters. The van der Waals surface area contributed by atoms with Gasteiger partial charge in [0.2, 0.25) is 0 Å². The fourth-order valence-electron chi connectivity index (χ4n) is 2.40. The summed E-state index contributed by atoms with van der Waals surface area (Å²) in [7, 11) is 0. The molecule has 4 heteroatoms. The molecule has 0 fully saturated rings. The maximum Gasteiger partial charge on any atom is 0.153 e. The highest BCUT2D eigenvalue weighted by molar-refractivity contribution is 6.01. The molecule has 0 radical (unpaired) electrons. The summed E-state index contributed by atoms with van der Waals surface area (Å²) in [6, 6.07) is 6.14. The van der Waals surface area contributed by atoms with Crippen molar-refractivity contribution in [1.82, 2.24) is 15.2 Å². The zero-order valence-corrected chi connectivity index (χ0v) is 10.2. The maximum absolute atomic E-state index is 11.0. The molecule has 3 aromatic rings. The number of aryl methyl sites for hydroxylation is 2. The van der Waals surface area contributed by atoms with E-state index in [1.165, 1.54) is 5.56 Å². The minimum Gasteiger partial charge on any atom is -0.358 e. The summed E-state index contributed by atoms with van der Waals surface area (Å²) in [5, 5.41) is 7.97. The number of para-hydroxylation sites is 1. The van der Waals surface area contributed by atoms with E-state index in [0.717, 1.165) is 34.1 Å². The van der Waals surface area contributed by atoms with E-state index < -0.39 is 0 Å². The van der Waals surface area contributed by atoms with Gasteiger partial charge in [0, 0.05) is 22.2 Å². The Hall–Kier alpha value is -2.36. The molecule has 0 saturated heterocycles. The zero-order chi connectivity index (χ0) is 12.7. The maximum atomic E-state index is 11.0. The van der Waals surface area contributed by atoms with Crippen molar-refractivity contribution >= 4 is 17.2 Å². The molecular weight excluding hydrogens is 226 g/mol. The van der Waals surface area contributed by atoms with Crippen LogP contribution >= 0.6 is 0 Å². The summed E-state index contributed by atoms with van der Waals surface area (Å²) in [6.45, 7) is 4.07. The van der Waals surface area contributed by atoms with Crippen LogP contribution in [-0.2, 0) is 0 Å². The van der Waals surface area contributed by atoms with E-state index in [2.05, 4.69) is 34.2 Å². The predicted molar refractivity (Wildman–Crippen MR) is 70.7 cm³/mol. The van der Waals surface area contributed by atoms with E-state index in [1.54, 1.807) is 6.20 Å². The fraction of sp³-hybridized carbons (Fsp3) is 0.143. The molecule has 90 valence electrons. The molecule has 2 aromatic heterocycles. The summed E-state index contributed by atoms with van der Waals surface area (Å²) in [4.78, 5) is 14.4. The van der Waals surface area contributed by atoms with Gasteiger partial charge in [0.25, 0.3) is 0 Å². The van der Waals surface area contributed by atoms with Crippen molar-refractivity contribution in [3.8, 4) is 11.3 Å². The number of carbonyl (C=O) groups excluding carboxylic acids is 1. The van der Waals surface area contributed by atoms with Gasteiger partial charge in [0.15, 0.2) is 6.29 Å². The number of aromatic nitrogens is 3. The quantitative estimate of drug-likeness (QED) is 0.675. The average molecular weight is 239 g/mol. The van der Waals surface area contributed by atoms with E-state index in [4.69, 9.17) is 0 Å². The number of aldehydes is 1. The van der Waals surface area contributed by atoms with Crippen LogP contribution in [-0.4, -0.2) is 21.5 Å². The highest BCUT2D eigenvalue weighted by Crippen LogP contribution is 2.33. The molecule has 0 bridgehead atoms. The van der Waals surface area contributed by atoms with Crippen molar-refractivity contribution in [3.05, 3.63) is 41.2 Å². The van der Waals surface area contributed by atoms with Crippen LogP contribution < -0.4 is 0 Å². The van der Waals surface area contributed by atoms with Crippen LogP contribution in [0.5, 0.6) is 0 Å². The van der Waals surface area contributed by atoms with Gasteiger partial charge in [-0.25, -0.2) is 0 Å². The number of carbonyl (C=O) groups is 1. The minimum absolute atomic E-state index is 0.584. The molecule has 2 N–H and O–H groups in total. The van der Waals surface area contributed by atoms with Crippen molar-refractivity contribution < 1.29 is 4.79 Å². The molecule has 18 heavy (non-hydrogen) atoms. The second kappa shape index (κ2) is 3.84. The molecule has 0 aliphatic rings. The topological polar surface area (TPSA) is 61.5 Å². The first-order valence-electron chi connectivity index (χ1n) is 5.79. The summed E-state index contributed by atoms with van der Waals surface area (Å²) in [5.74, 6) is 0. The largest absolute Gasteiger partial charge is 0.358 e. The van der Waals surface area contributed by atoms with Crippen LogP contribution in [0, 0.1) is 13.8 Å². The van der Waals surface area contributed by atoms with E-state index in [-0.39, 0.29) is 0 Å². The molecule has 1 aromatic carbocycles. The SMILES string of the molecule is Cc1[nH]c2c(C)cccc2c1-c1[nH]ncc1C=O. The molecule has 3 rings (SSSR count). The van der Waals surface area contributed by atoms with Gasteiger partial charge in [0.05, 0.1) is 17.5 Å². The average Bonchev–Trinajstić information content (AvgIpc) is 2.93. The van der Waals surface area contributed by atoms with Crippen molar-refractivity contribution in [1.29, 1.82) is 0 Å². The van der Waals surface area contributed by atoms with Crippen LogP contribution in [0.25, 0.3) is 22.2 Å². The zero-order valence-electron chi connectivity index (χ0n) is 10.2. The first kappa shape index (κ1) is 10.8. The first-order valence-corrected chi connectivity index (χ1v) is 5.79. The van der Waals surface area contributed by atoms with Crippen LogP contribution in [0.4, 0.5) is 0 Å². The number of aromatic amines is 2. The minimum atomic E-state index is 0.584. The van der Waals surface area contributed by atoms with E-state index in [1.807, 2.05) is 13.0 Å². The Morgan fingerprint density at radius 1 is 1.28 bits per heavy atom. The van der Waals surface area contributed by atoms with Gasteiger partial charge in [-0.15, -0.1) is 0 Å². The second-order valence-corrected chi connectivity index (χ2v) is 4.44. The lowest BCUT2D eigenvalue weighted by Gasteiger charge is -1.99. The lowest BCUT2D eigenvalue weighted by atomic mass is 10.0. The number of hydrogen-bond acceptors (Lipinski definition) is 2. The Morgan fingerprint density at radius 2 is 2.11 bits per heavy atom. The smallest absolute Gasteiger partial charge is 0.153 e. The Bertz CT molecular complexity index is 737. The molecule has 0 aliphatic heterocycles. The molecule has 2 heterocycles. The number of fused-ring (bicyclic) bond motifs is 1. The van der Waals surface area contributed by atoms with Gasteiger partial charge in [-0.1, -0.05) is 18.2 Å². The number of H-pyrrole nitrogens is 2. The van der Waals surface area contributed by atoms with Crippen molar-refractivity contribution in [2.24, 2.45) is 0 Å². The van der Waals surface area contributed by atoms with E-state index in [9.17, 15) is 4.79 Å². The third-order valence-electron chi connectivity index (χ3n) is 3.28. The Labute approximate surface area is 104 Å². The third-order valence-corrected chi connectivity index (χ3v) is 3.28. The van der Waals surface area contributed by atoms with Gasteiger partial charge >= 0.3 is 0 Å². The number of rotatable bonds is 2. The van der Waals surface area contributed by atoms with Crippen molar-refractivity contribution in [2.75, 3.05) is 0 Å². The molecule has 4 nitrogen and oxygen atoms in total. The number of nitrogens with one attached hydrogen (secondary N) is 2. The van der Waals surface area contributed by atoms with E-state index >= 15 is 0 Å². The summed E-state index contributed by atoms with van der Waals surface area (Å²) in [6.07, 6.45) is 2.38. The fourth-order valence-corrected chi connectivity index (χ4v) is 2.40. The van der Waals surface area contributed by atoms with Crippen LogP contribution in [0.1, 0.15) is 21.6 Å².